The average Bonchev–Trinajstić information content (AvgIpc) is 2.31. The highest BCUT2D eigenvalue weighted by Crippen LogP contribution is 2.16. The zero-order valence-electron chi connectivity index (χ0n) is 5.44. The van der Waals surface area contributed by atoms with E-state index in [0.717, 1.165) is 0 Å². The van der Waals surface area contributed by atoms with Crippen LogP contribution in [-0.2, 0) is 0 Å². The molecule has 0 aliphatic carbocycles. The first-order chi connectivity index (χ1) is 5.27. The molecule has 1 aromatic heterocycles. The summed E-state index contributed by atoms with van der Waals surface area (Å²) in [5.74, 6) is 0. The van der Waals surface area contributed by atoms with Crippen molar-refractivity contribution < 1.29 is 0 Å². The van der Waals surface area contributed by atoms with E-state index in [0.29, 0.717) is 16.1 Å². The van der Waals surface area contributed by atoms with E-state index in [1.54, 1.807) is 12.1 Å². The second-order valence-electron chi connectivity index (χ2n) is 2.17. The molecule has 0 fully saturated rings. The molecule has 0 atom stereocenters. The molecule has 0 aliphatic heterocycles. The molecule has 0 saturated carbocycles. The third-order valence-corrected chi connectivity index (χ3v) is 1.73. The van der Waals surface area contributed by atoms with Gasteiger partial charge >= 0.3 is 5.69 Å². The van der Waals surface area contributed by atoms with Gasteiger partial charge in [-0.1, -0.05) is 11.6 Å². The third-order valence-electron chi connectivity index (χ3n) is 1.43. The van der Waals surface area contributed by atoms with Crippen LogP contribution in [0, 0.1) is 6.07 Å². The minimum Gasteiger partial charge on any atom is -0.306 e. The molecule has 55 valence electrons. The maximum Gasteiger partial charge on any atom is 0.323 e. The lowest BCUT2D eigenvalue weighted by Crippen LogP contribution is -1.99. The van der Waals surface area contributed by atoms with Crippen LogP contribution < -0.4 is 5.69 Å². The second-order valence-corrected chi connectivity index (χ2v) is 2.58. The second kappa shape index (κ2) is 2.13. The number of hydrogen-bond acceptors (Lipinski definition) is 1. The average molecular weight is 168 g/mol. The largest absolute Gasteiger partial charge is 0.323 e. The fourth-order valence-corrected chi connectivity index (χ4v) is 1.18. The summed E-state index contributed by atoms with van der Waals surface area (Å²) in [4.78, 5) is 15.9. The van der Waals surface area contributed by atoms with Crippen LogP contribution in [0.5, 0.6) is 0 Å². The molecule has 2 N–H and O–H groups in total. The standard InChI is InChI=1S/C7H4ClN2O/c8-4-2-1-3-5-6(4)10-7(11)9-5/h2-3H,(H2,9,10,11). The molecule has 1 heterocycles. The summed E-state index contributed by atoms with van der Waals surface area (Å²) in [6.07, 6.45) is 0. The summed E-state index contributed by atoms with van der Waals surface area (Å²) in [6, 6.07) is 6.07. The Labute approximate surface area is 67.0 Å². The predicted molar refractivity (Wildman–Crippen MR) is 42.8 cm³/mol. The lowest BCUT2D eigenvalue weighted by atomic mass is 10.3. The molecule has 2 aromatic rings. The smallest absolute Gasteiger partial charge is 0.306 e. The number of rotatable bonds is 0. The molecule has 0 aliphatic rings. The van der Waals surface area contributed by atoms with Gasteiger partial charge in [0.15, 0.2) is 0 Å². The zero-order valence-corrected chi connectivity index (χ0v) is 6.20. The summed E-state index contributed by atoms with van der Waals surface area (Å²) in [5.41, 5.74) is 1.07. The molecule has 1 aromatic carbocycles. The van der Waals surface area contributed by atoms with E-state index in [9.17, 15) is 4.79 Å². The number of aromatic nitrogens is 2. The Balaban J connectivity index is 3.01. The van der Waals surface area contributed by atoms with Crippen LogP contribution in [0.15, 0.2) is 16.9 Å². The summed E-state index contributed by atoms with van der Waals surface area (Å²) >= 11 is 5.75. The van der Waals surface area contributed by atoms with Crippen molar-refractivity contribution in [2.75, 3.05) is 0 Å². The number of halogens is 1. The van der Waals surface area contributed by atoms with Crippen molar-refractivity contribution in [1.82, 2.24) is 9.97 Å². The topological polar surface area (TPSA) is 48.6 Å². The first kappa shape index (κ1) is 6.49. The van der Waals surface area contributed by atoms with E-state index in [2.05, 4.69) is 16.0 Å². The molecule has 11 heavy (non-hydrogen) atoms. The maximum atomic E-state index is 10.8. The third kappa shape index (κ3) is 0.935. The number of H-pyrrole nitrogens is 2. The number of imidazole rings is 1. The van der Waals surface area contributed by atoms with Crippen LogP contribution >= 0.6 is 11.6 Å². The maximum absolute atomic E-state index is 10.8. The lowest BCUT2D eigenvalue weighted by Gasteiger charge is -1.88. The van der Waals surface area contributed by atoms with E-state index in [1.165, 1.54) is 0 Å². The van der Waals surface area contributed by atoms with E-state index in [1.807, 2.05) is 0 Å². The van der Waals surface area contributed by atoms with Crippen molar-refractivity contribution in [1.29, 1.82) is 0 Å². The van der Waals surface area contributed by atoms with Gasteiger partial charge in [-0.3, -0.25) is 0 Å². The van der Waals surface area contributed by atoms with Crippen molar-refractivity contribution in [3.8, 4) is 0 Å². The van der Waals surface area contributed by atoms with Crippen LogP contribution in [0.1, 0.15) is 0 Å². The highest BCUT2D eigenvalue weighted by molar-refractivity contribution is 6.34. The van der Waals surface area contributed by atoms with Gasteiger partial charge in [0, 0.05) is 0 Å². The first-order valence-electron chi connectivity index (χ1n) is 3.05. The van der Waals surface area contributed by atoms with Gasteiger partial charge in [0.1, 0.15) is 0 Å². The normalized spacial score (nSPS) is 10.6. The van der Waals surface area contributed by atoms with Crippen molar-refractivity contribution >= 4 is 22.6 Å². The van der Waals surface area contributed by atoms with Crippen molar-refractivity contribution in [3.63, 3.8) is 0 Å². The number of nitrogens with one attached hydrogen (secondary N) is 2. The SMILES string of the molecule is O=c1[nH]c2c[c]cc(Cl)c2[nH]1. The van der Waals surface area contributed by atoms with Crippen molar-refractivity contribution in [3.05, 3.63) is 33.7 Å². The predicted octanol–water partition coefficient (Wildman–Crippen LogP) is 1.31. The highest BCUT2D eigenvalue weighted by Gasteiger charge is 1.99. The van der Waals surface area contributed by atoms with Crippen LogP contribution in [0.25, 0.3) is 11.0 Å². The molecule has 0 spiro atoms. The van der Waals surface area contributed by atoms with Crippen molar-refractivity contribution in [2.24, 2.45) is 0 Å². The van der Waals surface area contributed by atoms with E-state index in [-0.39, 0.29) is 5.69 Å². The summed E-state index contributed by atoms with van der Waals surface area (Å²) in [7, 11) is 0. The number of benzene rings is 1. The van der Waals surface area contributed by atoms with Gasteiger partial charge in [-0.25, -0.2) is 4.79 Å². The Kier molecular flexibility index (Phi) is 1.26. The van der Waals surface area contributed by atoms with Crippen LogP contribution in [0.3, 0.4) is 0 Å². The molecule has 3 nitrogen and oxygen atoms in total. The number of hydrogen-bond donors (Lipinski definition) is 2. The molecule has 0 bridgehead atoms. The van der Waals surface area contributed by atoms with E-state index in [4.69, 9.17) is 11.6 Å². The van der Waals surface area contributed by atoms with Gasteiger partial charge in [0.2, 0.25) is 0 Å². The highest BCUT2D eigenvalue weighted by atomic mass is 35.5. The van der Waals surface area contributed by atoms with Gasteiger partial charge in [-0.2, -0.15) is 0 Å². The van der Waals surface area contributed by atoms with Crippen molar-refractivity contribution in [2.45, 2.75) is 0 Å². The van der Waals surface area contributed by atoms with Gasteiger partial charge < -0.3 is 9.97 Å². The Hall–Kier alpha value is -1.22. The minimum atomic E-state index is -0.249. The molecule has 2 rings (SSSR count). The van der Waals surface area contributed by atoms with E-state index < -0.39 is 0 Å². The molecule has 0 saturated heterocycles. The molecule has 4 heteroatoms. The van der Waals surface area contributed by atoms with Gasteiger partial charge in [-0.05, 0) is 18.2 Å². The zero-order chi connectivity index (χ0) is 7.84. The van der Waals surface area contributed by atoms with Gasteiger partial charge in [0.05, 0.1) is 16.1 Å². The molecule has 0 amide bonds. The van der Waals surface area contributed by atoms with Gasteiger partial charge in [-0.15, -0.1) is 0 Å². The molecule has 0 unspecified atom stereocenters. The fourth-order valence-electron chi connectivity index (χ4n) is 0.964. The summed E-state index contributed by atoms with van der Waals surface area (Å²) in [6.45, 7) is 0. The quantitative estimate of drug-likeness (QED) is 0.611. The summed E-state index contributed by atoms with van der Waals surface area (Å²) < 4.78 is 0. The van der Waals surface area contributed by atoms with Crippen LogP contribution in [0.4, 0.5) is 0 Å². The first-order valence-corrected chi connectivity index (χ1v) is 3.43. The number of fused-ring (bicyclic) bond motifs is 1. The summed E-state index contributed by atoms with van der Waals surface area (Å²) in [5, 5.41) is 0.501. The Morgan fingerprint density at radius 1 is 1.36 bits per heavy atom. The van der Waals surface area contributed by atoms with Crippen LogP contribution in [0.2, 0.25) is 5.02 Å². The minimum absolute atomic E-state index is 0.249. The monoisotopic (exact) mass is 167 g/mol. The van der Waals surface area contributed by atoms with Crippen LogP contribution in [-0.4, -0.2) is 9.97 Å². The Bertz CT molecular complexity index is 443. The number of aromatic amines is 2. The Morgan fingerprint density at radius 3 is 2.91 bits per heavy atom. The molecular weight excluding hydrogens is 164 g/mol. The van der Waals surface area contributed by atoms with E-state index >= 15 is 0 Å². The Morgan fingerprint density at radius 2 is 2.18 bits per heavy atom. The molecule has 1 radical (unpaired) electrons. The molecular formula is C7H4ClN2O. The van der Waals surface area contributed by atoms with Gasteiger partial charge in [0.25, 0.3) is 0 Å². The fraction of sp³-hybridized carbons (Fsp3) is 0. The lowest BCUT2D eigenvalue weighted by molar-refractivity contribution is 1.21.